The molecular weight excluding hydrogens is 336 g/mol. The van der Waals surface area contributed by atoms with E-state index in [0.29, 0.717) is 11.5 Å². The molecule has 0 unspecified atom stereocenters. The van der Waals surface area contributed by atoms with Gasteiger partial charge in [-0.3, -0.25) is 10.1 Å². The van der Waals surface area contributed by atoms with Gasteiger partial charge in [0.25, 0.3) is 5.91 Å². The molecule has 0 spiro atoms. The van der Waals surface area contributed by atoms with Gasteiger partial charge in [0.15, 0.2) is 6.61 Å². The lowest BCUT2D eigenvalue weighted by molar-refractivity contribution is -0.123. The van der Waals surface area contributed by atoms with E-state index in [1.807, 2.05) is 11.4 Å². The Morgan fingerprint density at radius 2 is 1.69 bits per heavy atom. The van der Waals surface area contributed by atoms with Gasteiger partial charge in [-0.25, -0.2) is 9.59 Å². The summed E-state index contributed by atoms with van der Waals surface area (Å²) >= 11 is 0. The van der Waals surface area contributed by atoms with Crippen molar-refractivity contribution in [2.24, 2.45) is 0 Å². The number of nitrogens with one attached hydrogen (secondary N) is 2. The third kappa shape index (κ3) is 5.79. The molecule has 0 aromatic heterocycles. The van der Waals surface area contributed by atoms with E-state index >= 15 is 0 Å². The summed E-state index contributed by atoms with van der Waals surface area (Å²) in [5.74, 6) is -0.628. The number of carbonyl (C=O) groups is 3. The summed E-state index contributed by atoms with van der Waals surface area (Å²) in [5, 5.41) is 4.40. The summed E-state index contributed by atoms with van der Waals surface area (Å²) in [4.78, 5) is 35.2. The lowest BCUT2D eigenvalue weighted by Crippen LogP contribution is -2.41. The minimum absolute atomic E-state index is 0.167. The van der Waals surface area contributed by atoms with Crippen LogP contribution in [0.1, 0.15) is 10.4 Å². The summed E-state index contributed by atoms with van der Waals surface area (Å²) in [6.45, 7) is 3.05. The van der Waals surface area contributed by atoms with Gasteiger partial charge in [0.05, 0.1) is 0 Å². The number of rotatable bonds is 7. The molecule has 0 radical (unpaired) electrons. The van der Waals surface area contributed by atoms with E-state index in [0.717, 1.165) is 0 Å². The zero-order valence-electron chi connectivity index (χ0n) is 13.9. The minimum atomic E-state index is -0.749. The first-order valence-electron chi connectivity index (χ1n) is 7.78. The molecular formula is C19H18N2O5. The van der Waals surface area contributed by atoms with Crippen LogP contribution in [0.25, 0.3) is 0 Å². The second kappa shape index (κ2) is 9.63. The smallest absolute Gasteiger partial charge is 0.342 e. The molecule has 0 heterocycles. The summed E-state index contributed by atoms with van der Waals surface area (Å²) in [6.07, 6.45) is 1.47. The van der Waals surface area contributed by atoms with Crippen LogP contribution in [0.3, 0.4) is 0 Å². The quantitative estimate of drug-likeness (QED) is 0.589. The predicted molar refractivity (Wildman–Crippen MR) is 95.0 cm³/mol. The lowest BCUT2D eigenvalue weighted by Gasteiger charge is -2.11. The molecule has 2 N–H and O–H groups in total. The predicted octanol–water partition coefficient (Wildman–Crippen LogP) is 2.65. The van der Waals surface area contributed by atoms with Crippen molar-refractivity contribution < 1.29 is 23.9 Å². The Balaban J connectivity index is 1.94. The summed E-state index contributed by atoms with van der Waals surface area (Å²) < 4.78 is 10.6. The van der Waals surface area contributed by atoms with Crippen molar-refractivity contribution in [1.82, 2.24) is 10.6 Å². The normalized spacial score (nSPS) is 9.69. The largest absolute Gasteiger partial charge is 0.456 e. The van der Waals surface area contributed by atoms with Crippen LogP contribution >= 0.6 is 0 Å². The van der Waals surface area contributed by atoms with E-state index in [9.17, 15) is 14.4 Å². The van der Waals surface area contributed by atoms with Crippen LogP contribution in [0.2, 0.25) is 0 Å². The number of hydrogen-bond acceptors (Lipinski definition) is 5. The van der Waals surface area contributed by atoms with Gasteiger partial charge in [0.1, 0.15) is 17.1 Å². The maximum absolute atomic E-state index is 12.2. The second-order valence-corrected chi connectivity index (χ2v) is 5.03. The lowest BCUT2D eigenvalue weighted by atomic mass is 10.2. The average Bonchev–Trinajstić information content (AvgIpc) is 2.65. The van der Waals surface area contributed by atoms with Crippen LogP contribution < -0.4 is 15.4 Å². The van der Waals surface area contributed by atoms with Gasteiger partial charge >= 0.3 is 12.0 Å². The van der Waals surface area contributed by atoms with Crippen LogP contribution in [0.15, 0.2) is 67.3 Å². The summed E-state index contributed by atoms with van der Waals surface area (Å²) in [5.41, 5.74) is 0.167. The molecule has 134 valence electrons. The molecule has 0 aliphatic carbocycles. The van der Waals surface area contributed by atoms with Gasteiger partial charge in [0.2, 0.25) is 0 Å². The van der Waals surface area contributed by atoms with E-state index in [4.69, 9.17) is 9.47 Å². The molecule has 0 bridgehead atoms. The maximum Gasteiger partial charge on any atom is 0.342 e. The van der Waals surface area contributed by atoms with Crippen LogP contribution in [-0.2, 0) is 9.53 Å². The number of benzene rings is 2. The fourth-order valence-corrected chi connectivity index (χ4v) is 1.92. The van der Waals surface area contributed by atoms with Crippen molar-refractivity contribution in [2.45, 2.75) is 0 Å². The molecule has 2 aromatic carbocycles. The fraction of sp³-hybridized carbons (Fsp3) is 0.105. The van der Waals surface area contributed by atoms with Crippen molar-refractivity contribution in [3.63, 3.8) is 0 Å². The fourth-order valence-electron chi connectivity index (χ4n) is 1.92. The van der Waals surface area contributed by atoms with Crippen LogP contribution in [-0.4, -0.2) is 31.1 Å². The maximum atomic E-state index is 12.2. The first-order chi connectivity index (χ1) is 12.6. The summed E-state index contributed by atoms with van der Waals surface area (Å²) in [7, 11) is 0. The first kappa shape index (κ1) is 18.7. The van der Waals surface area contributed by atoms with Gasteiger partial charge in [-0.1, -0.05) is 36.4 Å². The molecule has 0 atom stereocenters. The third-order valence-electron chi connectivity index (χ3n) is 3.07. The molecule has 2 rings (SSSR count). The average molecular weight is 354 g/mol. The van der Waals surface area contributed by atoms with Gasteiger partial charge in [0, 0.05) is 6.54 Å². The molecule has 0 aliphatic heterocycles. The number of ether oxygens (including phenoxy) is 2. The highest BCUT2D eigenvalue weighted by molar-refractivity contribution is 5.97. The highest BCUT2D eigenvalue weighted by Gasteiger charge is 2.16. The highest BCUT2D eigenvalue weighted by Crippen LogP contribution is 2.25. The van der Waals surface area contributed by atoms with Crippen LogP contribution in [0, 0.1) is 0 Å². The molecule has 7 heteroatoms. The Hall–Kier alpha value is -3.61. The van der Waals surface area contributed by atoms with Gasteiger partial charge in [-0.15, -0.1) is 6.58 Å². The number of esters is 1. The zero-order valence-corrected chi connectivity index (χ0v) is 13.9. The van der Waals surface area contributed by atoms with Crippen molar-refractivity contribution in [2.75, 3.05) is 13.2 Å². The topological polar surface area (TPSA) is 93.7 Å². The minimum Gasteiger partial charge on any atom is -0.456 e. The number of carbonyl (C=O) groups excluding carboxylic acids is 3. The first-order valence-corrected chi connectivity index (χ1v) is 7.78. The van der Waals surface area contributed by atoms with Crippen LogP contribution in [0.5, 0.6) is 11.5 Å². The van der Waals surface area contributed by atoms with Crippen molar-refractivity contribution in [3.05, 3.63) is 72.8 Å². The van der Waals surface area contributed by atoms with Gasteiger partial charge in [-0.2, -0.15) is 0 Å². The standard InChI is InChI=1S/C19H18N2O5/c1-2-12-20-19(24)21-17(22)13-25-18(23)15-10-6-7-11-16(15)26-14-8-4-3-5-9-14/h2-11H,1,12-13H2,(H2,20,21,22,24). The second-order valence-electron chi connectivity index (χ2n) is 5.03. The Morgan fingerprint density at radius 1 is 1.00 bits per heavy atom. The highest BCUT2D eigenvalue weighted by atomic mass is 16.5. The summed E-state index contributed by atoms with van der Waals surface area (Å²) in [6, 6.07) is 14.8. The molecule has 0 aliphatic rings. The van der Waals surface area contributed by atoms with Crippen molar-refractivity contribution >= 4 is 17.9 Å². The van der Waals surface area contributed by atoms with Gasteiger partial charge < -0.3 is 14.8 Å². The van der Waals surface area contributed by atoms with Crippen LogP contribution in [0.4, 0.5) is 4.79 Å². The molecule has 7 nitrogen and oxygen atoms in total. The molecule has 2 aromatic rings. The Kier molecular flexibility index (Phi) is 6.93. The van der Waals surface area contributed by atoms with E-state index in [2.05, 4.69) is 11.9 Å². The number of amides is 3. The Morgan fingerprint density at radius 3 is 2.42 bits per heavy atom. The van der Waals surface area contributed by atoms with E-state index in [1.165, 1.54) is 12.1 Å². The number of hydrogen-bond donors (Lipinski definition) is 2. The van der Waals surface area contributed by atoms with E-state index in [-0.39, 0.29) is 12.1 Å². The number of urea groups is 1. The monoisotopic (exact) mass is 354 g/mol. The molecule has 0 saturated heterocycles. The molecule has 26 heavy (non-hydrogen) atoms. The Labute approximate surface area is 150 Å². The Bertz CT molecular complexity index is 790. The van der Waals surface area contributed by atoms with Gasteiger partial charge in [-0.05, 0) is 24.3 Å². The van der Waals surface area contributed by atoms with E-state index in [1.54, 1.807) is 42.5 Å². The van der Waals surface area contributed by atoms with Crippen molar-refractivity contribution in [3.8, 4) is 11.5 Å². The number of imide groups is 1. The SMILES string of the molecule is C=CCNC(=O)NC(=O)COC(=O)c1ccccc1Oc1ccccc1. The third-order valence-corrected chi connectivity index (χ3v) is 3.07. The molecule has 0 fully saturated rings. The van der Waals surface area contributed by atoms with E-state index < -0.39 is 24.5 Å². The molecule has 0 saturated carbocycles. The zero-order chi connectivity index (χ0) is 18.8. The molecule has 3 amide bonds. The number of para-hydroxylation sites is 2. The van der Waals surface area contributed by atoms with Crippen molar-refractivity contribution in [1.29, 1.82) is 0 Å².